The first-order chi connectivity index (χ1) is 7.20. The Bertz CT molecular complexity index is 392. The second kappa shape index (κ2) is 4.23. The number of pyridine rings is 1. The van der Waals surface area contributed by atoms with E-state index in [1.165, 1.54) is 5.69 Å². The van der Waals surface area contributed by atoms with Gasteiger partial charge in [-0.15, -0.1) is 11.8 Å². The molecule has 0 spiro atoms. The first-order valence-electron chi connectivity index (χ1n) is 5.19. The summed E-state index contributed by atoms with van der Waals surface area (Å²) in [7, 11) is 0. The van der Waals surface area contributed by atoms with Crippen molar-refractivity contribution < 1.29 is 9.78 Å². The standard InChI is InChI=1S/C11H14N2OS/c1-3-7(2)8-4-5-9-11(12-8)13-10(14)6-15-9/h4-5,7H,3,6H2,1-2H3,(H,12,13,14)/p+1. The Hall–Kier alpha value is -1.03. The van der Waals surface area contributed by atoms with Crippen LogP contribution in [-0.2, 0) is 4.79 Å². The quantitative estimate of drug-likeness (QED) is 0.834. The Morgan fingerprint density at radius 3 is 3.13 bits per heavy atom. The van der Waals surface area contributed by atoms with Gasteiger partial charge in [0.2, 0.25) is 0 Å². The first-order valence-corrected chi connectivity index (χ1v) is 6.18. The number of anilines is 1. The predicted molar refractivity (Wildman–Crippen MR) is 61.1 cm³/mol. The predicted octanol–water partition coefficient (Wildman–Crippen LogP) is 2.06. The maximum absolute atomic E-state index is 11.2. The van der Waals surface area contributed by atoms with Crippen molar-refractivity contribution in [1.29, 1.82) is 0 Å². The molecule has 0 fully saturated rings. The van der Waals surface area contributed by atoms with Crippen LogP contribution in [0.2, 0.25) is 0 Å². The Labute approximate surface area is 93.7 Å². The average Bonchev–Trinajstić information content (AvgIpc) is 2.27. The van der Waals surface area contributed by atoms with E-state index in [1.807, 2.05) is 0 Å². The smallest absolute Gasteiger partial charge is 0.246 e. The van der Waals surface area contributed by atoms with Gasteiger partial charge in [-0.1, -0.05) is 13.8 Å². The van der Waals surface area contributed by atoms with Gasteiger partial charge in [0.25, 0.3) is 5.82 Å². The van der Waals surface area contributed by atoms with Crippen LogP contribution in [0.4, 0.5) is 5.82 Å². The molecule has 1 aliphatic rings. The zero-order valence-corrected chi connectivity index (χ0v) is 9.78. The third-order valence-electron chi connectivity index (χ3n) is 2.70. The van der Waals surface area contributed by atoms with Crippen LogP contribution in [-0.4, -0.2) is 11.7 Å². The lowest BCUT2D eigenvalue weighted by Crippen LogP contribution is -2.28. The Kier molecular flexibility index (Phi) is 2.95. The van der Waals surface area contributed by atoms with Gasteiger partial charge in [-0.3, -0.25) is 0 Å². The second-order valence-corrected chi connectivity index (χ2v) is 4.82. The molecule has 1 aromatic heterocycles. The molecule has 1 amide bonds. The minimum Gasteiger partial charge on any atom is -0.246 e. The number of nitrogens with one attached hydrogen (secondary N) is 2. The van der Waals surface area contributed by atoms with Crippen LogP contribution in [0.5, 0.6) is 0 Å². The van der Waals surface area contributed by atoms with Crippen molar-refractivity contribution >= 4 is 23.5 Å². The molecule has 0 saturated carbocycles. The SMILES string of the molecule is CCC(C)c1ccc2c([nH+]1)NC(=O)CS2. The molecular formula is C11H15N2OS+. The van der Waals surface area contributed by atoms with Gasteiger partial charge in [0, 0.05) is 5.92 Å². The molecule has 2 N–H and O–H groups in total. The molecule has 0 bridgehead atoms. The number of thioether (sulfide) groups is 1. The van der Waals surface area contributed by atoms with E-state index < -0.39 is 0 Å². The van der Waals surface area contributed by atoms with E-state index >= 15 is 0 Å². The van der Waals surface area contributed by atoms with Gasteiger partial charge < -0.3 is 0 Å². The normalized spacial score (nSPS) is 16.8. The van der Waals surface area contributed by atoms with Gasteiger partial charge in [0.1, 0.15) is 11.4 Å². The zero-order chi connectivity index (χ0) is 10.8. The van der Waals surface area contributed by atoms with Crippen LogP contribution >= 0.6 is 11.8 Å². The second-order valence-electron chi connectivity index (χ2n) is 3.80. The lowest BCUT2D eigenvalue weighted by Gasteiger charge is -2.12. The lowest BCUT2D eigenvalue weighted by atomic mass is 10.0. The number of aromatic nitrogens is 1. The molecule has 0 saturated heterocycles. The molecule has 2 rings (SSSR count). The van der Waals surface area contributed by atoms with Gasteiger partial charge in [-0.05, 0) is 18.6 Å². The fraction of sp³-hybridized carbons (Fsp3) is 0.455. The molecule has 1 atom stereocenters. The number of hydrogen-bond acceptors (Lipinski definition) is 2. The molecule has 15 heavy (non-hydrogen) atoms. The van der Waals surface area contributed by atoms with Crippen molar-refractivity contribution in [2.24, 2.45) is 0 Å². The third kappa shape index (κ3) is 2.15. The summed E-state index contributed by atoms with van der Waals surface area (Å²) in [5.41, 5.74) is 1.18. The molecule has 3 nitrogen and oxygen atoms in total. The summed E-state index contributed by atoms with van der Waals surface area (Å²) in [5, 5.41) is 2.86. The average molecular weight is 223 g/mol. The van der Waals surface area contributed by atoms with Gasteiger partial charge >= 0.3 is 5.91 Å². The van der Waals surface area contributed by atoms with Gasteiger partial charge in [-0.25, -0.2) is 15.1 Å². The fourth-order valence-corrected chi connectivity index (χ4v) is 2.31. The van der Waals surface area contributed by atoms with Gasteiger partial charge in [-0.2, -0.15) is 0 Å². The van der Waals surface area contributed by atoms with E-state index in [-0.39, 0.29) is 5.91 Å². The molecule has 0 aliphatic carbocycles. The van der Waals surface area contributed by atoms with E-state index in [1.54, 1.807) is 11.8 Å². The molecule has 80 valence electrons. The molecule has 1 aromatic rings. The topological polar surface area (TPSA) is 43.2 Å². The van der Waals surface area contributed by atoms with Crippen LogP contribution in [0.25, 0.3) is 0 Å². The Balaban J connectivity index is 2.32. The van der Waals surface area contributed by atoms with Crippen molar-refractivity contribution in [3.63, 3.8) is 0 Å². The van der Waals surface area contributed by atoms with Crippen LogP contribution in [0.1, 0.15) is 31.9 Å². The number of H-pyrrole nitrogens is 1. The van der Waals surface area contributed by atoms with E-state index in [2.05, 4.69) is 36.3 Å². The molecule has 0 radical (unpaired) electrons. The first kappa shape index (κ1) is 10.5. The molecule has 0 aromatic carbocycles. The largest absolute Gasteiger partial charge is 0.317 e. The lowest BCUT2D eigenvalue weighted by molar-refractivity contribution is -0.378. The maximum Gasteiger partial charge on any atom is 0.317 e. The Morgan fingerprint density at radius 1 is 1.60 bits per heavy atom. The molecule has 1 aliphatic heterocycles. The third-order valence-corrected chi connectivity index (χ3v) is 3.75. The number of hydrogen-bond donors (Lipinski definition) is 1. The zero-order valence-electron chi connectivity index (χ0n) is 8.96. The highest BCUT2D eigenvalue weighted by molar-refractivity contribution is 8.00. The molecule has 2 heterocycles. The van der Waals surface area contributed by atoms with Crippen LogP contribution in [0.15, 0.2) is 17.0 Å². The number of aromatic amines is 1. The highest BCUT2D eigenvalue weighted by atomic mass is 32.2. The van der Waals surface area contributed by atoms with E-state index in [4.69, 9.17) is 0 Å². The summed E-state index contributed by atoms with van der Waals surface area (Å²) in [4.78, 5) is 15.6. The van der Waals surface area contributed by atoms with Crippen LogP contribution < -0.4 is 10.3 Å². The van der Waals surface area contributed by atoms with Crippen molar-refractivity contribution in [1.82, 2.24) is 0 Å². The summed E-state index contributed by atoms with van der Waals surface area (Å²) in [6.07, 6.45) is 1.09. The summed E-state index contributed by atoms with van der Waals surface area (Å²) < 4.78 is 0. The number of rotatable bonds is 2. The van der Waals surface area contributed by atoms with E-state index in [0.29, 0.717) is 11.7 Å². The molecular weight excluding hydrogens is 208 g/mol. The maximum atomic E-state index is 11.2. The molecule has 1 unspecified atom stereocenters. The highest BCUT2D eigenvalue weighted by Gasteiger charge is 2.23. The highest BCUT2D eigenvalue weighted by Crippen LogP contribution is 2.28. The summed E-state index contributed by atoms with van der Waals surface area (Å²) in [5.74, 6) is 1.95. The minimum absolute atomic E-state index is 0.0741. The monoisotopic (exact) mass is 223 g/mol. The van der Waals surface area contributed by atoms with Gasteiger partial charge in [0.05, 0.1) is 4.90 Å². The Morgan fingerprint density at radius 2 is 2.40 bits per heavy atom. The number of amides is 1. The van der Waals surface area contributed by atoms with Crippen molar-refractivity contribution in [2.45, 2.75) is 31.1 Å². The van der Waals surface area contributed by atoms with Crippen LogP contribution in [0.3, 0.4) is 0 Å². The van der Waals surface area contributed by atoms with Gasteiger partial charge in [0.15, 0.2) is 0 Å². The number of carbonyl (C=O) groups is 1. The van der Waals surface area contributed by atoms with Crippen molar-refractivity contribution in [2.75, 3.05) is 11.1 Å². The van der Waals surface area contributed by atoms with Crippen molar-refractivity contribution in [3.05, 3.63) is 17.8 Å². The summed E-state index contributed by atoms with van der Waals surface area (Å²) in [6, 6.07) is 4.19. The summed E-state index contributed by atoms with van der Waals surface area (Å²) >= 11 is 1.58. The van der Waals surface area contributed by atoms with Crippen LogP contribution in [0, 0.1) is 0 Å². The minimum atomic E-state index is 0.0741. The van der Waals surface area contributed by atoms with Crippen molar-refractivity contribution in [3.8, 4) is 0 Å². The fourth-order valence-electron chi connectivity index (χ4n) is 1.54. The number of carbonyl (C=O) groups excluding carboxylic acids is 1. The summed E-state index contributed by atoms with van der Waals surface area (Å²) in [6.45, 7) is 4.33. The molecule has 4 heteroatoms. The van der Waals surface area contributed by atoms with E-state index in [9.17, 15) is 4.79 Å². The number of fused-ring (bicyclic) bond motifs is 1. The van der Waals surface area contributed by atoms with E-state index in [0.717, 1.165) is 17.1 Å².